The van der Waals surface area contributed by atoms with Gasteiger partial charge in [0.15, 0.2) is 0 Å². The van der Waals surface area contributed by atoms with Gasteiger partial charge in [0.05, 0.1) is 0 Å². The largest absolute Gasteiger partial charge is 0.399 e. The number of aliphatic hydroxyl groups is 1. The normalized spacial score (nSPS) is 11.1. The van der Waals surface area contributed by atoms with Gasteiger partial charge in [-0.1, -0.05) is 31.9 Å². The number of anilines is 1. The Bertz CT molecular complexity index is 328. The molecule has 3 N–H and O–H groups in total. The predicted molar refractivity (Wildman–Crippen MR) is 77.4 cm³/mol. The average Bonchev–Trinajstić information content (AvgIpc) is 2.37. The van der Waals surface area contributed by atoms with Crippen LogP contribution in [0.5, 0.6) is 0 Å². The molecule has 0 aromatic heterocycles. The SMILES string of the molecule is CCN(CCCCCCO)Cc1cccc(N)c1. The Kier molecular flexibility index (Phi) is 7.46. The molecule has 0 atom stereocenters. The number of nitrogens with zero attached hydrogens (tertiary/aromatic N) is 1. The first-order valence-corrected chi connectivity index (χ1v) is 6.94. The molecule has 0 unspecified atom stereocenters. The van der Waals surface area contributed by atoms with E-state index in [1.54, 1.807) is 0 Å². The van der Waals surface area contributed by atoms with Crippen molar-refractivity contribution in [2.75, 3.05) is 25.4 Å². The fourth-order valence-electron chi connectivity index (χ4n) is 2.10. The Hall–Kier alpha value is -1.06. The molecule has 3 heteroatoms. The van der Waals surface area contributed by atoms with Crippen molar-refractivity contribution in [3.8, 4) is 0 Å². The van der Waals surface area contributed by atoms with Gasteiger partial charge < -0.3 is 10.8 Å². The van der Waals surface area contributed by atoms with E-state index in [0.29, 0.717) is 6.61 Å². The monoisotopic (exact) mass is 250 g/mol. The van der Waals surface area contributed by atoms with E-state index in [4.69, 9.17) is 10.8 Å². The quantitative estimate of drug-likeness (QED) is 0.523. The third-order valence-corrected chi connectivity index (χ3v) is 3.19. The lowest BCUT2D eigenvalue weighted by atomic mass is 10.1. The highest BCUT2D eigenvalue weighted by atomic mass is 16.2. The summed E-state index contributed by atoms with van der Waals surface area (Å²) in [5.74, 6) is 0. The molecule has 0 saturated carbocycles. The molecule has 1 aromatic carbocycles. The molecule has 0 saturated heterocycles. The van der Waals surface area contributed by atoms with Crippen molar-refractivity contribution in [2.24, 2.45) is 0 Å². The Morgan fingerprint density at radius 3 is 2.61 bits per heavy atom. The van der Waals surface area contributed by atoms with Gasteiger partial charge in [-0.3, -0.25) is 4.90 Å². The summed E-state index contributed by atoms with van der Waals surface area (Å²) in [4.78, 5) is 2.44. The highest BCUT2D eigenvalue weighted by Gasteiger charge is 2.03. The van der Waals surface area contributed by atoms with Gasteiger partial charge in [-0.05, 0) is 43.6 Å². The average molecular weight is 250 g/mol. The van der Waals surface area contributed by atoms with Crippen LogP contribution in [0.25, 0.3) is 0 Å². The minimum atomic E-state index is 0.320. The molecule has 3 nitrogen and oxygen atoms in total. The highest BCUT2D eigenvalue weighted by Crippen LogP contribution is 2.10. The van der Waals surface area contributed by atoms with E-state index in [1.165, 1.54) is 18.4 Å². The highest BCUT2D eigenvalue weighted by molar-refractivity contribution is 5.40. The lowest BCUT2D eigenvalue weighted by Gasteiger charge is -2.20. The number of hydrogen-bond acceptors (Lipinski definition) is 3. The molecule has 0 aliphatic heterocycles. The first-order chi connectivity index (χ1) is 8.76. The summed E-state index contributed by atoms with van der Waals surface area (Å²) >= 11 is 0. The zero-order valence-corrected chi connectivity index (χ0v) is 11.4. The van der Waals surface area contributed by atoms with Crippen molar-refractivity contribution in [1.29, 1.82) is 0 Å². The molecular weight excluding hydrogens is 224 g/mol. The Morgan fingerprint density at radius 2 is 1.94 bits per heavy atom. The van der Waals surface area contributed by atoms with Gasteiger partial charge in [0.25, 0.3) is 0 Å². The minimum Gasteiger partial charge on any atom is -0.399 e. The van der Waals surface area contributed by atoms with Crippen LogP contribution >= 0.6 is 0 Å². The topological polar surface area (TPSA) is 49.5 Å². The lowest BCUT2D eigenvalue weighted by Crippen LogP contribution is -2.24. The number of rotatable bonds is 9. The molecule has 0 heterocycles. The summed E-state index contributed by atoms with van der Waals surface area (Å²) in [6.45, 7) is 5.67. The van der Waals surface area contributed by atoms with Crippen LogP contribution in [-0.2, 0) is 6.54 Å². The summed E-state index contributed by atoms with van der Waals surface area (Å²) < 4.78 is 0. The molecule has 1 rings (SSSR count). The third-order valence-electron chi connectivity index (χ3n) is 3.19. The lowest BCUT2D eigenvalue weighted by molar-refractivity contribution is 0.262. The summed E-state index contributed by atoms with van der Waals surface area (Å²) in [5.41, 5.74) is 7.91. The van der Waals surface area contributed by atoms with Crippen molar-refractivity contribution >= 4 is 5.69 Å². The fraction of sp³-hybridized carbons (Fsp3) is 0.600. The molecule has 0 radical (unpaired) electrons. The van der Waals surface area contributed by atoms with E-state index in [1.807, 2.05) is 12.1 Å². The second-order valence-corrected chi connectivity index (χ2v) is 4.75. The Labute approximate surface area is 111 Å². The summed E-state index contributed by atoms with van der Waals surface area (Å²) in [6.07, 6.45) is 4.47. The minimum absolute atomic E-state index is 0.320. The van der Waals surface area contributed by atoms with Crippen molar-refractivity contribution in [1.82, 2.24) is 4.90 Å². The van der Waals surface area contributed by atoms with E-state index in [9.17, 15) is 0 Å². The molecule has 0 amide bonds. The van der Waals surface area contributed by atoms with E-state index in [2.05, 4.69) is 24.0 Å². The van der Waals surface area contributed by atoms with Crippen LogP contribution in [0.2, 0.25) is 0 Å². The standard InChI is InChI=1S/C15H26N2O/c1-2-17(10-5-3-4-6-11-18)13-14-8-7-9-15(16)12-14/h7-9,12,18H,2-6,10-11,13,16H2,1H3. The molecule has 18 heavy (non-hydrogen) atoms. The number of hydrogen-bond donors (Lipinski definition) is 2. The Morgan fingerprint density at radius 1 is 1.17 bits per heavy atom. The van der Waals surface area contributed by atoms with E-state index in [0.717, 1.165) is 38.2 Å². The molecule has 102 valence electrons. The molecule has 0 fully saturated rings. The van der Waals surface area contributed by atoms with Crippen molar-refractivity contribution in [3.63, 3.8) is 0 Å². The van der Waals surface area contributed by atoms with E-state index >= 15 is 0 Å². The number of nitrogens with two attached hydrogens (primary N) is 1. The summed E-state index contributed by atoms with van der Waals surface area (Å²) in [5, 5.41) is 8.72. The maximum absolute atomic E-state index is 8.72. The van der Waals surface area contributed by atoms with Gasteiger partial charge in [-0.25, -0.2) is 0 Å². The molecule has 1 aromatic rings. The van der Waals surface area contributed by atoms with E-state index < -0.39 is 0 Å². The van der Waals surface area contributed by atoms with Crippen molar-refractivity contribution < 1.29 is 5.11 Å². The van der Waals surface area contributed by atoms with Gasteiger partial charge in [-0.2, -0.15) is 0 Å². The van der Waals surface area contributed by atoms with Crippen LogP contribution in [0, 0.1) is 0 Å². The maximum atomic E-state index is 8.72. The molecular formula is C15H26N2O. The van der Waals surface area contributed by atoms with Crippen LogP contribution in [0.1, 0.15) is 38.2 Å². The van der Waals surface area contributed by atoms with Gasteiger partial charge in [0.1, 0.15) is 0 Å². The predicted octanol–water partition coefficient (Wildman–Crippen LogP) is 2.64. The fourth-order valence-corrected chi connectivity index (χ4v) is 2.10. The van der Waals surface area contributed by atoms with Gasteiger partial charge in [0.2, 0.25) is 0 Å². The molecule has 0 bridgehead atoms. The van der Waals surface area contributed by atoms with Crippen LogP contribution < -0.4 is 5.73 Å². The molecule has 0 aliphatic carbocycles. The van der Waals surface area contributed by atoms with Gasteiger partial charge in [0, 0.05) is 18.8 Å². The third kappa shape index (κ3) is 6.03. The summed E-state index contributed by atoms with van der Waals surface area (Å²) in [7, 11) is 0. The Balaban J connectivity index is 2.28. The second-order valence-electron chi connectivity index (χ2n) is 4.75. The van der Waals surface area contributed by atoms with Crippen LogP contribution in [-0.4, -0.2) is 29.7 Å². The summed E-state index contributed by atoms with van der Waals surface area (Å²) in [6, 6.07) is 8.12. The van der Waals surface area contributed by atoms with Crippen LogP contribution in [0.3, 0.4) is 0 Å². The molecule has 0 spiro atoms. The zero-order valence-electron chi connectivity index (χ0n) is 11.4. The first kappa shape index (κ1) is 15.0. The maximum Gasteiger partial charge on any atom is 0.0431 e. The second kappa shape index (κ2) is 8.95. The van der Waals surface area contributed by atoms with E-state index in [-0.39, 0.29) is 0 Å². The van der Waals surface area contributed by atoms with Gasteiger partial charge >= 0.3 is 0 Å². The smallest absolute Gasteiger partial charge is 0.0431 e. The zero-order chi connectivity index (χ0) is 13.2. The number of nitrogen functional groups attached to an aromatic ring is 1. The number of unbranched alkanes of at least 4 members (excludes halogenated alkanes) is 3. The number of benzene rings is 1. The van der Waals surface area contributed by atoms with Crippen LogP contribution in [0.4, 0.5) is 5.69 Å². The van der Waals surface area contributed by atoms with Gasteiger partial charge in [-0.15, -0.1) is 0 Å². The van der Waals surface area contributed by atoms with Crippen LogP contribution in [0.15, 0.2) is 24.3 Å². The molecule has 0 aliphatic rings. The number of aliphatic hydroxyl groups excluding tert-OH is 1. The van der Waals surface area contributed by atoms with Crippen molar-refractivity contribution in [3.05, 3.63) is 29.8 Å². The first-order valence-electron chi connectivity index (χ1n) is 6.94. The van der Waals surface area contributed by atoms with Crippen molar-refractivity contribution in [2.45, 2.75) is 39.2 Å².